The van der Waals surface area contributed by atoms with Crippen molar-refractivity contribution in [3.63, 3.8) is 0 Å². The molecule has 0 spiro atoms. The molecule has 1 saturated heterocycles. The van der Waals surface area contributed by atoms with Crippen LogP contribution in [0.15, 0.2) is 23.0 Å². The van der Waals surface area contributed by atoms with Crippen LogP contribution in [-0.2, 0) is 11.3 Å². The zero-order chi connectivity index (χ0) is 17.4. The van der Waals surface area contributed by atoms with Crippen LogP contribution in [0.4, 0.5) is 0 Å². The molecule has 3 aliphatic rings. The molecule has 0 unspecified atom stereocenters. The van der Waals surface area contributed by atoms with Crippen LogP contribution < -0.4 is 5.56 Å². The number of nitrogens with zero attached hydrogens (tertiary/aromatic N) is 2. The van der Waals surface area contributed by atoms with Crippen molar-refractivity contribution in [2.75, 3.05) is 13.1 Å². The van der Waals surface area contributed by atoms with E-state index in [1.807, 2.05) is 23.6 Å². The average molecular weight is 340 g/mol. The average Bonchev–Trinajstić information content (AvgIpc) is 2.64. The monoisotopic (exact) mass is 340 g/mol. The van der Waals surface area contributed by atoms with Crippen molar-refractivity contribution in [3.8, 4) is 0 Å². The molecule has 134 valence electrons. The normalized spacial score (nSPS) is 26.7. The Hall–Kier alpha value is -1.84. The molecule has 4 heteroatoms. The van der Waals surface area contributed by atoms with E-state index in [0.717, 1.165) is 50.2 Å². The molecular weight excluding hydrogens is 312 g/mol. The van der Waals surface area contributed by atoms with Gasteiger partial charge < -0.3 is 9.47 Å². The van der Waals surface area contributed by atoms with E-state index in [2.05, 4.69) is 11.0 Å². The molecule has 0 radical (unpaired) electrons. The maximum absolute atomic E-state index is 13.0. The van der Waals surface area contributed by atoms with Gasteiger partial charge in [-0.2, -0.15) is 0 Å². The Kier molecular flexibility index (Phi) is 4.53. The number of carbonyl (C=O) groups is 1. The number of rotatable bonds is 2. The van der Waals surface area contributed by atoms with Gasteiger partial charge in [-0.3, -0.25) is 9.59 Å². The van der Waals surface area contributed by atoms with Crippen LogP contribution in [0.2, 0.25) is 0 Å². The van der Waals surface area contributed by atoms with E-state index in [9.17, 15) is 9.59 Å². The number of fused-ring (bicyclic) bond motifs is 4. The summed E-state index contributed by atoms with van der Waals surface area (Å²) in [5, 5.41) is 0. The summed E-state index contributed by atoms with van der Waals surface area (Å²) >= 11 is 0. The van der Waals surface area contributed by atoms with E-state index in [1.165, 1.54) is 19.3 Å². The van der Waals surface area contributed by atoms with Gasteiger partial charge in [-0.15, -0.1) is 0 Å². The number of pyridine rings is 1. The first-order valence-electron chi connectivity index (χ1n) is 9.82. The molecule has 1 aliphatic carbocycles. The number of piperidine rings is 1. The highest BCUT2D eigenvalue weighted by atomic mass is 16.2. The molecule has 1 aromatic heterocycles. The number of aromatic nitrogens is 1. The van der Waals surface area contributed by atoms with Gasteiger partial charge in [0.25, 0.3) is 5.56 Å². The fourth-order valence-electron chi connectivity index (χ4n) is 5.16. The van der Waals surface area contributed by atoms with Gasteiger partial charge in [0.2, 0.25) is 5.91 Å². The van der Waals surface area contributed by atoms with Crippen LogP contribution in [-0.4, -0.2) is 28.5 Å². The SMILES string of the molecule is C/C=C/c1ccc(=O)n2c1[C@@H]1C[C@@H](CN(C(=O)C3CCCCC3)C1)C2. The topological polar surface area (TPSA) is 42.3 Å². The van der Waals surface area contributed by atoms with Gasteiger partial charge in [-0.05, 0) is 43.7 Å². The number of amides is 1. The highest BCUT2D eigenvalue weighted by Gasteiger charge is 2.38. The van der Waals surface area contributed by atoms with Crippen molar-refractivity contribution in [1.82, 2.24) is 9.47 Å². The molecule has 0 aromatic carbocycles. The summed E-state index contributed by atoms with van der Waals surface area (Å²) in [7, 11) is 0. The molecule has 25 heavy (non-hydrogen) atoms. The quantitative estimate of drug-likeness (QED) is 0.828. The summed E-state index contributed by atoms with van der Waals surface area (Å²) in [4.78, 5) is 27.5. The fraction of sp³-hybridized carbons (Fsp3) is 0.619. The van der Waals surface area contributed by atoms with E-state index in [1.54, 1.807) is 6.07 Å². The van der Waals surface area contributed by atoms with Crippen LogP contribution >= 0.6 is 0 Å². The van der Waals surface area contributed by atoms with Gasteiger partial charge in [-0.25, -0.2) is 0 Å². The van der Waals surface area contributed by atoms with E-state index >= 15 is 0 Å². The Morgan fingerprint density at radius 2 is 1.92 bits per heavy atom. The molecule has 4 rings (SSSR count). The number of hydrogen-bond acceptors (Lipinski definition) is 2. The molecule has 3 heterocycles. The Balaban J connectivity index is 1.62. The van der Waals surface area contributed by atoms with E-state index in [-0.39, 0.29) is 11.5 Å². The van der Waals surface area contributed by atoms with Crippen molar-refractivity contribution in [2.45, 2.75) is 57.9 Å². The highest BCUT2D eigenvalue weighted by molar-refractivity contribution is 5.79. The lowest BCUT2D eigenvalue weighted by Crippen LogP contribution is -2.51. The lowest BCUT2D eigenvalue weighted by atomic mass is 9.80. The fourth-order valence-corrected chi connectivity index (χ4v) is 5.16. The van der Waals surface area contributed by atoms with Gasteiger partial charge in [0.15, 0.2) is 0 Å². The van der Waals surface area contributed by atoms with Gasteiger partial charge in [0, 0.05) is 43.2 Å². The van der Waals surface area contributed by atoms with Crippen molar-refractivity contribution >= 4 is 12.0 Å². The zero-order valence-electron chi connectivity index (χ0n) is 15.1. The molecule has 2 bridgehead atoms. The second-order valence-corrected chi connectivity index (χ2v) is 8.00. The van der Waals surface area contributed by atoms with Crippen LogP contribution in [0.3, 0.4) is 0 Å². The Labute approximate surface area is 149 Å². The molecule has 1 aromatic rings. The first-order chi connectivity index (χ1) is 12.2. The zero-order valence-corrected chi connectivity index (χ0v) is 15.1. The molecule has 1 amide bonds. The number of likely N-dealkylation sites (tertiary alicyclic amines) is 1. The molecule has 0 N–H and O–H groups in total. The van der Waals surface area contributed by atoms with Crippen LogP contribution in [0.1, 0.15) is 62.6 Å². The lowest BCUT2D eigenvalue weighted by Gasteiger charge is -2.44. The largest absolute Gasteiger partial charge is 0.341 e. The maximum Gasteiger partial charge on any atom is 0.250 e. The predicted octanol–water partition coefficient (Wildman–Crippen LogP) is 3.41. The van der Waals surface area contributed by atoms with Gasteiger partial charge in [0.05, 0.1) is 0 Å². The molecule has 2 aliphatic heterocycles. The predicted molar refractivity (Wildman–Crippen MR) is 99.4 cm³/mol. The van der Waals surface area contributed by atoms with Gasteiger partial charge >= 0.3 is 0 Å². The van der Waals surface area contributed by atoms with Crippen molar-refractivity contribution in [3.05, 3.63) is 39.8 Å². The Morgan fingerprint density at radius 1 is 1.12 bits per heavy atom. The lowest BCUT2D eigenvalue weighted by molar-refractivity contribution is -0.139. The third-order valence-corrected chi connectivity index (χ3v) is 6.24. The second-order valence-electron chi connectivity index (χ2n) is 8.00. The molecule has 2 fully saturated rings. The number of carbonyl (C=O) groups excluding carboxylic acids is 1. The van der Waals surface area contributed by atoms with Gasteiger partial charge in [-0.1, -0.05) is 31.4 Å². The summed E-state index contributed by atoms with van der Waals surface area (Å²) in [6.45, 7) is 4.36. The highest BCUT2D eigenvalue weighted by Crippen LogP contribution is 2.38. The van der Waals surface area contributed by atoms with Crippen LogP contribution in [0.5, 0.6) is 0 Å². The second kappa shape index (κ2) is 6.81. The number of hydrogen-bond donors (Lipinski definition) is 0. The minimum Gasteiger partial charge on any atom is -0.341 e. The van der Waals surface area contributed by atoms with Crippen molar-refractivity contribution < 1.29 is 4.79 Å². The van der Waals surface area contributed by atoms with Crippen molar-refractivity contribution in [2.24, 2.45) is 11.8 Å². The number of allylic oxidation sites excluding steroid dienone is 1. The summed E-state index contributed by atoms with van der Waals surface area (Å²) in [5.74, 6) is 1.31. The summed E-state index contributed by atoms with van der Waals surface area (Å²) in [6.07, 6.45) is 11.0. The Morgan fingerprint density at radius 3 is 2.68 bits per heavy atom. The van der Waals surface area contributed by atoms with E-state index in [0.29, 0.717) is 17.7 Å². The standard InChI is InChI=1S/C21H28N2O2/c1-2-6-16-9-10-19(24)23-13-15-11-18(20(16)23)14-22(12-15)21(25)17-7-4-3-5-8-17/h2,6,9-10,15,17-18H,3-5,7-8,11-14H2,1H3/b6-2+/t15-,18+/m0/s1. The minimum absolute atomic E-state index is 0.102. The van der Waals surface area contributed by atoms with Crippen LogP contribution in [0, 0.1) is 11.8 Å². The van der Waals surface area contributed by atoms with E-state index in [4.69, 9.17) is 0 Å². The molecule has 4 nitrogen and oxygen atoms in total. The smallest absolute Gasteiger partial charge is 0.250 e. The minimum atomic E-state index is 0.102. The first-order valence-corrected chi connectivity index (χ1v) is 9.82. The summed E-state index contributed by atoms with van der Waals surface area (Å²) in [6, 6.07) is 3.63. The van der Waals surface area contributed by atoms with Crippen LogP contribution in [0.25, 0.3) is 6.08 Å². The van der Waals surface area contributed by atoms with Crippen molar-refractivity contribution in [1.29, 1.82) is 0 Å². The van der Waals surface area contributed by atoms with Gasteiger partial charge in [0.1, 0.15) is 0 Å². The third-order valence-electron chi connectivity index (χ3n) is 6.24. The van der Waals surface area contributed by atoms with E-state index < -0.39 is 0 Å². The third kappa shape index (κ3) is 3.07. The molecule has 1 saturated carbocycles. The maximum atomic E-state index is 13.0. The molecular formula is C21H28N2O2. The molecule has 2 atom stereocenters. The Bertz CT molecular complexity index is 743. The summed E-state index contributed by atoms with van der Waals surface area (Å²) < 4.78 is 1.97. The first kappa shape index (κ1) is 16.6. The summed E-state index contributed by atoms with van der Waals surface area (Å²) in [5.41, 5.74) is 2.38.